The molecule has 2 rings (SSSR count). The number of benzene rings is 1. The zero-order chi connectivity index (χ0) is 15.8. The van der Waals surface area contributed by atoms with E-state index in [9.17, 15) is 4.21 Å². The van der Waals surface area contributed by atoms with Crippen LogP contribution in [0.3, 0.4) is 0 Å². The third kappa shape index (κ3) is 8.30. The van der Waals surface area contributed by atoms with Crippen LogP contribution in [0, 0.1) is 0 Å². The minimum Gasteiger partial charge on any atom is -0.454 e. The van der Waals surface area contributed by atoms with Crippen molar-refractivity contribution in [2.75, 3.05) is 12.5 Å². The van der Waals surface area contributed by atoms with Gasteiger partial charge in [-0.05, 0) is 30.5 Å². The summed E-state index contributed by atoms with van der Waals surface area (Å²) in [6.07, 6.45) is 8.32. The summed E-state index contributed by atoms with van der Waals surface area (Å²) in [5.41, 5.74) is 1.17. The first-order chi connectivity index (χ1) is 10.7. The minimum atomic E-state index is -0.743. The molecule has 0 N–H and O–H groups in total. The van der Waals surface area contributed by atoms with E-state index in [1.807, 2.05) is 18.2 Å². The molecule has 1 aromatic rings. The molecule has 0 spiro atoms. The molecule has 1 aliphatic rings. The quantitative estimate of drug-likeness (QED) is 0.380. The number of hydrogen-bond acceptors (Lipinski definition) is 3. The van der Waals surface area contributed by atoms with Crippen molar-refractivity contribution in [2.24, 2.45) is 0 Å². The smallest absolute Gasteiger partial charge is 0.231 e. The molecule has 2 atom stereocenters. The van der Waals surface area contributed by atoms with E-state index in [0.717, 1.165) is 30.1 Å². The Hall–Kier alpha value is 0.567. The summed E-state index contributed by atoms with van der Waals surface area (Å²) in [5, 5.41) is 0.191. The molecule has 0 aromatic heterocycles. The van der Waals surface area contributed by atoms with Crippen molar-refractivity contribution in [1.82, 2.24) is 0 Å². The minimum absolute atomic E-state index is 0. The maximum absolute atomic E-state index is 12.3. The number of fused-ring (bicyclic) bond motifs is 1. The van der Waals surface area contributed by atoms with Gasteiger partial charge in [-0.25, -0.2) is 0 Å². The fourth-order valence-corrected chi connectivity index (χ4v) is 3.99. The number of hydrogen-bond donors (Lipinski definition) is 0. The van der Waals surface area contributed by atoms with Gasteiger partial charge in [0, 0.05) is 69.7 Å². The van der Waals surface area contributed by atoms with Crippen LogP contribution < -0.4 is 9.47 Å². The second-order valence-electron chi connectivity index (χ2n) is 6.05. The molecule has 2 unspecified atom stereocenters. The van der Waals surface area contributed by atoms with Crippen molar-refractivity contribution < 1.29 is 61.6 Å². The summed E-state index contributed by atoms with van der Waals surface area (Å²) in [5.74, 6) is 2.45. The third-order valence-corrected chi connectivity index (χ3v) is 5.86. The molecule has 3 nitrogen and oxygen atoms in total. The first-order valence-corrected chi connectivity index (χ1v) is 9.84. The van der Waals surface area contributed by atoms with Gasteiger partial charge in [0.25, 0.3) is 0 Å². The summed E-state index contributed by atoms with van der Waals surface area (Å²) in [7, 11) is -0.743. The van der Waals surface area contributed by atoms with Crippen LogP contribution in [-0.2, 0) is 65.1 Å². The Bertz CT molecular complexity index is 499. The zero-order valence-electron chi connectivity index (χ0n) is 14.8. The van der Waals surface area contributed by atoms with E-state index >= 15 is 0 Å². The molecule has 0 saturated heterocycles. The summed E-state index contributed by atoms with van der Waals surface area (Å²) < 4.78 is 23.0. The van der Waals surface area contributed by atoms with E-state index in [4.69, 9.17) is 9.47 Å². The SMILES string of the molecule is CCCCCCCCS(=O)C(C)Cc1ccc2c(c1)OCO2.[Ti].[Zr]. The summed E-state index contributed by atoms with van der Waals surface area (Å²) >= 11 is 0. The van der Waals surface area contributed by atoms with Crippen molar-refractivity contribution >= 4 is 10.8 Å². The van der Waals surface area contributed by atoms with Gasteiger partial charge >= 0.3 is 0 Å². The van der Waals surface area contributed by atoms with E-state index in [1.165, 1.54) is 37.7 Å². The summed E-state index contributed by atoms with van der Waals surface area (Å²) in [6.45, 7) is 4.61. The Morgan fingerprint density at radius 3 is 2.50 bits per heavy atom. The van der Waals surface area contributed by atoms with Crippen LogP contribution in [0.5, 0.6) is 11.5 Å². The Morgan fingerprint density at radius 2 is 1.75 bits per heavy atom. The Kier molecular flexibility index (Phi) is 14.1. The van der Waals surface area contributed by atoms with Crippen LogP contribution in [0.15, 0.2) is 18.2 Å². The standard InChI is InChI=1S/C18H28O3S.Ti.Zr/c1-3-4-5-6-7-8-11-22(19)15(2)12-16-9-10-17-18(13-16)21-14-20-17;;/h9-10,13,15H,3-8,11-12,14H2,1-2H3;;. The fraction of sp³-hybridized carbons (Fsp3) is 0.667. The van der Waals surface area contributed by atoms with Gasteiger partial charge in [0.1, 0.15) is 0 Å². The first-order valence-electron chi connectivity index (χ1n) is 8.46. The Labute approximate surface area is 183 Å². The molecule has 0 amide bonds. The largest absolute Gasteiger partial charge is 0.454 e. The van der Waals surface area contributed by atoms with Gasteiger partial charge in [-0.15, -0.1) is 0 Å². The average molecular weight is 464 g/mol. The monoisotopic (exact) mass is 462 g/mol. The maximum atomic E-state index is 12.3. The van der Waals surface area contributed by atoms with Gasteiger partial charge in [-0.2, -0.15) is 0 Å². The van der Waals surface area contributed by atoms with Crippen molar-refractivity contribution in [3.8, 4) is 11.5 Å². The van der Waals surface area contributed by atoms with E-state index in [0.29, 0.717) is 6.79 Å². The molecule has 0 saturated carbocycles. The molecule has 0 bridgehead atoms. The fourth-order valence-electron chi connectivity index (χ4n) is 2.72. The molecule has 1 aliphatic heterocycles. The Morgan fingerprint density at radius 1 is 1.08 bits per heavy atom. The maximum Gasteiger partial charge on any atom is 0.231 e. The summed E-state index contributed by atoms with van der Waals surface area (Å²) in [4.78, 5) is 0. The molecule has 6 heteroatoms. The third-order valence-electron chi connectivity index (χ3n) is 4.11. The predicted octanol–water partition coefficient (Wildman–Crippen LogP) is 4.45. The van der Waals surface area contributed by atoms with E-state index in [2.05, 4.69) is 13.8 Å². The molecular formula is C18H28O3STiZr. The van der Waals surface area contributed by atoms with Gasteiger partial charge in [0.15, 0.2) is 11.5 Å². The molecule has 1 heterocycles. The molecular weight excluding hydrogens is 435 g/mol. The summed E-state index contributed by atoms with van der Waals surface area (Å²) in [6, 6.07) is 6.01. The van der Waals surface area contributed by atoms with Crippen LogP contribution in [0.1, 0.15) is 57.9 Å². The van der Waals surface area contributed by atoms with E-state index < -0.39 is 10.8 Å². The number of ether oxygens (including phenoxy) is 2. The van der Waals surface area contributed by atoms with E-state index in [-0.39, 0.29) is 53.2 Å². The average Bonchev–Trinajstić information content (AvgIpc) is 2.98. The van der Waals surface area contributed by atoms with Gasteiger partial charge in [-0.1, -0.05) is 52.0 Å². The molecule has 0 fully saturated rings. The van der Waals surface area contributed by atoms with Gasteiger partial charge < -0.3 is 9.47 Å². The van der Waals surface area contributed by atoms with Crippen molar-refractivity contribution in [1.29, 1.82) is 0 Å². The van der Waals surface area contributed by atoms with Crippen LogP contribution in [-0.4, -0.2) is 22.0 Å². The molecule has 24 heavy (non-hydrogen) atoms. The van der Waals surface area contributed by atoms with Gasteiger partial charge in [0.05, 0.1) is 0 Å². The van der Waals surface area contributed by atoms with Crippen molar-refractivity contribution in [3.63, 3.8) is 0 Å². The van der Waals surface area contributed by atoms with Crippen LogP contribution in [0.4, 0.5) is 0 Å². The second-order valence-corrected chi connectivity index (χ2v) is 8.03. The normalized spacial score (nSPS) is 14.4. The topological polar surface area (TPSA) is 35.5 Å². The number of unbranched alkanes of at least 4 members (excludes halogenated alkanes) is 5. The molecule has 0 aliphatic carbocycles. The van der Waals surface area contributed by atoms with Crippen molar-refractivity contribution in [2.45, 2.75) is 64.0 Å². The molecule has 0 radical (unpaired) electrons. The Balaban J connectivity index is 0.00000264. The van der Waals surface area contributed by atoms with Gasteiger partial charge in [0.2, 0.25) is 6.79 Å². The number of rotatable bonds is 10. The van der Waals surface area contributed by atoms with Crippen LogP contribution in [0.25, 0.3) is 0 Å². The van der Waals surface area contributed by atoms with Gasteiger partial charge in [-0.3, -0.25) is 4.21 Å². The van der Waals surface area contributed by atoms with E-state index in [1.54, 1.807) is 0 Å². The second kappa shape index (κ2) is 13.7. The zero-order valence-corrected chi connectivity index (χ0v) is 19.6. The molecule has 132 valence electrons. The van der Waals surface area contributed by atoms with Crippen LogP contribution in [0.2, 0.25) is 0 Å². The first kappa shape index (κ1) is 24.6. The predicted molar refractivity (Wildman–Crippen MR) is 92.1 cm³/mol. The molecule has 1 aromatic carbocycles. The van der Waals surface area contributed by atoms with Crippen LogP contribution >= 0.6 is 0 Å². The van der Waals surface area contributed by atoms with Crippen molar-refractivity contribution in [3.05, 3.63) is 23.8 Å².